The van der Waals surface area contributed by atoms with Crippen LogP contribution in [-0.2, 0) is 9.53 Å². The summed E-state index contributed by atoms with van der Waals surface area (Å²) in [7, 11) is 1.15. The van der Waals surface area contributed by atoms with Crippen molar-refractivity contribution in [2.75, 3.05) is 7.11 Å². The highest BCUT2D eigenvalue weighted by Gasteiger charge is 2.65. The molecule has 0 unspecified atom stereocenters. The minimum atomic E-state index is -4.36. The Morgan fingerprint density at radius 2 is 1.84 bits per heavy atom. The quantitative estimate of drug-likeness (QED) is 0.620. The molecule has 2 nitrogen and oxygen atoms in total. The first-order valence-electron chi connectivity index (χ1n) is 5.83. The molecule has 1 aromatic rings. The number of halogens is 3. The van der Waals surface area contributed by atoms with Crippen molar-refractivity contribution in [3.8, 4) is 0 Å². The lowest BCUT2D eigenvalue weighted by Crippen LogP contribution is -2.26. The monoisotopic (exact) mass is 270 g/mol. The summed E-state index contributed by atoms with van der Waals surface area (Å²) in [4.78, 5) is 11.3. The summed E-state index contributed by atoms with van der Waals surface area (Å²) in [5.41, 5.74) is -1.50. The first kappa shape index (κ1) is 13.6. The van der Waals surface area contributed by atoms with Gasteiger partial charge in [0.05, 0.1) is 12.5 Å². The van der Waals surface area contributed by atoms with Crippen LogP contribution in [0.15, 0.2) is 36.4 Å². The molecule has 2 rings (SSSR count). The van der Waals surface area contributed by atoms with Crippen molar-refractivity contribution in [3.63, 3.8) is 0 Å². The largest absolute Gasteiger partial charge is 0.466 e. The number of methoxy groups -OCH3 is 1. The van der Waals surface area contributed by atoms with Crippen molar-refractivity contribution in [1.82, 2.24) is 0 Å². The molecule has 1 aromatic carbocycles. The highest BCUT2D eigenvalue weighted by Crippen LogP contribution is 2.64. The number of esters is 1. The fraction of sp³-hybridized carbons (Fsp3) is 0.357. The molecular weight excluding hydrogens is 257 g/mol. The van der Waals surface area contributed by atoms with E-state index < -0.39 is 17.6 Å². The number of alkyl halides is 3. The minimum Gasteiger partial charge on any atom is -0.466 e. The van der Waals surface area contributed by atoms with Crippen molar-refractivity contribution < 1.29 is 22.7 Å². The predicted octanol–water partition coefficient (Wildman–Crippen LogP) is 3.59. The van der Waals surface area contributed by atoms with Crippen LogP contribution < -0.4 is 0 Å². The molecule has 0 aromatic heterocycles. The maximum absolute atomic E-state index is 13.2. The maximum atomic E-state index is 13.2. The molecule has 0 amide bonds. The second-order valence-electron chi connectivity index (χ2n) is 4.53. The molecule has 1 aliphatic rings. The third kappa shape index (κ3) is 2.50. The van der Waals surface area contributed by atoms with Gasteiger partial charge in [-0.2, -0.15) is 13.2 Å². The summed E-state index contributed by atoms with van der Waals surface area (Å²) >= 11 is 0. The van der Waals surface area contributed by atoms with E-state index in [1.54, 1.807) is 30.3 Å². The number of ether oxygens (including phenoxy) is 1. The Morgan fingerprint density at radius 3 is 2.26 bits per heavy atom. The standard InChI is InChI=1S/C14H13F3O2/c1-19-12(18)9-11(10-5-3-2-4-6-10)13(7-8-13)14(15,16)17/h2-6,9H,7-8H2,1H3/b11-9-. The van der Waals surface area contributed by atoms with E-state index in [1.165, 1.54) is 0 Å². The first-order valence-corrected chi connectivity index (χ1v) is 5.83. The van der Waals surface area contributed by atoms with Gasteiger partial charge in [-0.25, -0.2) is 4.79 Å². The van der Waals surface area contributed by atoms with Gasteiger partial charge < -0.3 is 4.74 Å². The van der Waals surface area contributed by atoms with Crippen molar-refractivity contribution in [1.29, 1.82) is 0 Å². The van der Waals surface area contributed by atoms with Crippen molar-refractivity contribution in [2.24, 2.45) is 5.41 Å². The van der Waals surface area contributed by atoms with E-state index in [-0.39, 0.29) is 18.4 Å². The molecular formula is C14H13F3O2. The first-order chi connectivity index (χ1) is 8.90. The van der Waals surface area contributed by atoms with Gasteiger partial charge in [0.25, 0.3) is 0 Å². The number of carbonyl (C=O) groups is 1. The highest BCUT2D eigenvalue weighted by molar-refractivity contribution is 5.93. The van der Waals surface area contributed by atoms with Gasteiger partial charge in [-0.3, -0.25) is 0 Å². The van der Waals surface area contributed by atoms with Gasteiger partial charge >= 0.3 is 12.1 Å². The van der Waals surface area contributed by atoms with E-state index in [0.29, 0.717) is 5.56 Å². The zero-order valence-electron chi connectivity index (χ0n) is 10.3. The SMILES string of the molecule is COC(=O)/C=C(/c1ccccc1)C1(C(F)(F)F)CC1. The molecule has 0 saturated heterocycles. The zero-order valence-corrected chi connectivity index (χ0v) is 10.3. The van der Waals surface area contributed by atoms with Gasteiger partial charge in [-0.15, -0.1) is 0 Å². The predicted molar refractivity (Wildman–Crippen MR) is 64.2 cm³/mol. The number of hydrogen-bond acceptors (Lipinski definition) is 2. The maximum Gasteiger partial charge on any atom is 0.398 e. The molecule has 0 atom stereocenters. The number of benzene rings is 1. The second-order valence-corrected chi connectivity index (χ2v) is 4.53. The van der Waals surface area contributed by atoms with E-state index in [1.807, 2.05) is 0 Å². The normalized spacial score (nSPS) is 18.0. The number of rotatable bonds is 3. The summed E-state index contributed by atoms with van der Waals surface area (Å²) in [6, 6.07) is 8.15. The molecule has 0 N–H and O–H groups in total. The minimum absolute atomic E-state index is 0.00699. The Morgan fingerprint density at radius 1 is 1.26 bits per heavy atom. The molecule has 1 fully saturated rings. The lowest BCUT2D eigenvalue weighted by molar-refractivity contribution is -0.168. The van der Waals surface area contributed by atoms with E-state index >= 15 is 0 Å². The molecule has 0 aliphatic heterocycles. The third-order valence-electron chi connectivity index (χ3n) is 3.36. The van der Waals surface area contributed by atoms with Gasteiger partial charge in [-0.05, 0) is 24.0 Å². The molecule has 1 saturated carbocycles. The summed E-state index contributed by atoms with van der Waals surface area (Å²) < 4.78 is 44.0. The lowest BCUT2D eigenvalue weighted by Gasteiger charge is -2.22. The average Bonchev–Trinajstić information content (AvgIpc) is 3.17. The van der Waals surface area contributed by atoms with E-state index in [4.69, 9.17) is 0 Å². The molecule has 0 spiro atoms. The zero-order chi connectivity index (χ0) is 14.1. The Bertz CT molecular complexity index is 499. The number of carbonyl (C=O) groups excluding carboxylic acids is 1. The number of allylic oxidation sites excluding steroid dienone is 1. The van der Waals surface area contributed by atoms with Crippen molar-refractivity contribution >= 4 is 11.5 Å². The Kier molecular flexibility index (Phi) is 3.39. The van der Waals surface area contributed by atoms with E-state index in [0.717, 1.165) is 13.2 Å². The van der Waals surface area contributed by atoms with E-state index in [2.05, 4.69) is 4.74 Å². The molecule has 0 bridgehead atoms. The van der Waals surface area contributed by atoms with Crippen LogP contribution in [0, 0.1) is 5.41 Å². The van der Waals surface area contributed by atoms with Gasteiger partial charge in [-0.1, -0.05) is 30.3 Å². The molecule has 19 heavy (non-hydrogen) atoms. The van der Waals surface area contributed by atoms with Crippen LogP contribution in [0.3, 0.4) is 0 Å². The Hall–Kier alpha value is -1.78. The van der Waals surface area contributed by atoms with Crippen LogP contribution in [0.5, 0.6) is 0 Å². The molecule has 0 radical (unpaired) electrons. The third-order valence-corrected chi connectivity index (χ3v) is 3.36. The summed E-state index contributed by atoms with van der Waals surface area (Å²) in [5.74, 6) is -0.769. The van der Waals surface area contributed by atoms with Gasteiger partial charge in [0.1, 0.15) is 0 Å². The fourth-order valence-corrected chi connectivity index (χ4v) is 2.12. The molecule has 5 heteroatoms. The van der Waals surface area contributed by atoms with Gasteiger partial charge in [0.2, 0.25) is 0 Å². The van der Waals surface area contributed by atoms with E-state index in [9.17, 15) is 18.0 Å². The van der Waals surface area contributed by atoms with Crippen LogP contribution in [0.1, 0.15) is 18.4 Å². The molecule has 102 valence electrons. The molecule has 0 heterocycles. The summed E-state index contributed by atoms with van der Waals surface area (Å²) in [6.45, 7) is 0. The lowest BCUT2D eigenvalue weighted by atomic mass is 9.88. The summed E-state index contributed by atoms with van der Waals surface area (Å²) in [6.07, 6.45) is -3.39. The van der Waals surface area contributed by atoms with Crippen LogP contribution in [0.2, 0.25) is 0 Å². The van der Waals surface area contributed by atoms with Crippen LogP contribution >= 0.6 is 0 Å². The fourth-order valence-electron chi connectivity index (χ4n) is 2.12. The average molecular weight is 270 g/mol. The van der Waals surface area contributed by atoms with Crippen molar-refractivity contribution in [3.05, 3.63) is 42.0 Å². The Balaban J connectivity index is 2.49. The van der Waals surface area contributed by atoms with Gasteiger partial charge in [0, 0.05) is 6.08 Å². The Labute approximate surface area is 108 Å². The smallest absolute Gasteiger partial charge is 0.398 e. The van der Waals surface area contributed by atoms with Crippen LogP contribution in [0.25, 0.3) is 5.57 Å². The second kappa shape index (κ2) is 4.72. The molecule has 1 aliphatic carbocycles. The highest BCUT2D eigenvalue weighted by atomic mass is 19.4. The van der Waals surface area contributed by atoms with Gasteiger partial charge in [0.15, 0.2) is 0 Å². The van der Waals surface area contributed by atoms with Crippen molar-refractivity contribution in [2.45, 2.75) is 19.0 Å². The topological polar surface area (TPSA) is 26.3 Å². The van der Waals surface area contributed by atoms with Crippen LogP contribution in [-0.4, -0.2) is 19.3 Å². The van der Waals surface area contributed by atoms with Crippen LogP contribution in [0.4, 0.5) is 13.2 Å². The number of hydrogen-bond donors (Lipinski definition) is 0. The summed E-state index contributed by atoms with van der Waals surface area (Å²) in [5, 5.41) is 0.